The highest BCUT2D eigenvalue weighted by molar-refractivity contribution is 6.30. The van der Waals surface area contributed by atoms with Gasteiger partial charge in [-0.25, -0.2) is 0 Å². The first kappa shape index (κ1) is 11.3. The molecule has 0 aliphatic carbocycles. The summed E-state index contributed by atoms with van der Waals surface area (Å²) < 4.78 is 5.24. The number of halogens is 1. The Hall–Kier alpha value is -0.770. The molecule has 2 saturated heterocycles. The van der Waals surface area contributed by atoms with Crippen LogP contribution in [0.4, 0.5) is 5.69 Å². The number of piperazine rings is 1. The van der Waals surface area contributed by atoms with Gasteiger partial charge in [-0.3, -0.25) is 4.90 Å². The monoisotopic (exact) mass is 252 g/mol. The first-order valence-corrected chi connectivity index (χ1v) is 6.53. The van der Waals surface area contributed by atoms with Gasteiger partial charge < -0.3 is 9.64 Å². The van der Waals surface area contributed by atoms with Crippen LogP contribution >= 0.6 is 11.6 Å². The minimum absolute atomic E-state index is 0.663. The Balaban J connectivity index is 1.60. The lowest BCUT2D eigenvalue weighted by atomic mass is 10.1. The third kappa shape index (κ3) is 2.41. The van der Waals surface area contributed by atoms with Crippen LogP contribution in [-0.4, -0.2) is 50.3 Å². The van der Waals surface area contributed by atoms with Crippen LogP contribution in [0.5, 0.6) is 0 Å². The van der Waals surface area contributed by atoms with Crippen LogP contribution < -0.4 is 4.90 Å². The lowest BCUT2D eigenvalue weighted by Crippen LogP contribution is -2.56. The van der Waals surface area contributed by atoms with Gasteiger partial charge in [0.15, 0.2) is 0 Å². The van der Waals surface area contributed by atoms with E-state index in [1.807, 2.05) is 18.2 Å². The van der Waals surface area contributed by atoms with Gasteiger partial charge in [-0.2, -0.15) is 0 Å². The maximum absolute atomic E-state index is 6.02. The molecule has 0 spiro atoms. The van der Waals surface area contributed by atoms with Gasteiger partial charge in [0.1, 0.15) is 0 Å². The SMILES string of the molecule is Clc1cccc(N2CCN(C3COC3)CC2)c1. The zero-order valence-electron chi connectivity index (χ0n) is 9.81. The molecule has 2 heterocycles. The fourth-order valence-corrected chi connectivity index (χ4v) is 2.64. The van der Waals surface area contributed by atoms with Crippen LogP contribution in [0, 0.1) is 0 Å². The van der Waals surface area contributed by atoms with E-state index >= 15 is 0 Å². The van der Waals surface area contributed by atoms with E-state index in [-0.39, 0.29) is 0 Å². The van der Waals surface area contributed by atoms with Gasteiger partial charge in [-0.1, -0.05) is 17.7 Å². The molecule has 2 aliphatic heterocycles. The van der Waals surface area contributed by atoms with Crippen LogP contribution in [0.1, 0.15) is 0 Å². The fourth-order valence-electron chi connectivity index (χ4n) is 2.45. The second-order valence-corrected chi connectivity index (χ2v) is 5.13. The largest absolute Gasteiger partial charge is 0.378 e. The Morgan fingerprint density at radius 1 is 1.12 bits per heavy atom. The van der Waals surface area contributed by atoms with E-state index < -0.39 is 0 Å². The van der Waals surface area contributed by atoms with Gasteiger partial charge in [0, 0.05) is 36.9 Å². The Morgan fingerprint density at radius 3 is 2.47 bits per heavy atom. The van der Waals surface area contributed by atoms with Crippen LogP contribution in [0.3, 0.4) is 0 Å². The Kier molecular flexibility index (Phi) is 3.23. The van der Waals surface area contributed by atoms with Crippen molar-refractivity contribution in [2.24, 2.45) is 0 Å². The van der Waals surface area contributed by atoms with Crippen molar-refractivity contribution in [3.05, 3.63) is 29.3 Å². The molecule has 2 aliphatic rings. The summed E-state index contributed by atoms with van der Waals surface area (Å²) in [6.45, 7) is 6.24. The number of hydrogen-bond donors (Lipinski definition) is 0. The second-order valence-electron chi connectivity index (χ2n) is 4.69. The molecule has 0 radical (unpaired) electrons. The number of benzene rings is 1. The molecule has 1 aromatic carbocycles. The summed E-state index contributed by atoms with van der Waals surface area (Å²) >= 11 is 6.02. The maximum atomic E-state index is 6.02. The second kappa shape index (κ2) is 4.84. The summed E-state index contributed by atoms with van der Waals surface area (Å²) in [7, 11) is 0. The Labute approximate surface area is 107 Å². The standard InChI is InChI=1S/C13H17ClN2O/c14-11-2-1-3-12(8-11)15-4-6-16(7-5-15)13-9-17-10-13/h1-3,8,13H,4-7,9-10H2. The topological polar surface area (TPSA) is 15.7 Å². The molecule has 0 unspecified atom stereocenters. The van der Waals surface area contributed by atoms with E-state index in [1.54, 1.807) is 0 Å². The number of ether oxygens (including phenoxy) is 1. The van der Waals surface area contributed by atoms with Crippen LogP contribution in [0.2, 0.25) is 5.02 Å². The summed E-state index contributed by atoms with van der Waals surface area (Å²) in [4.78, 5) is 4.94. The predicted octanol–water partition coefficient (Wildman–Crippen LogP) is 1.86. The number of anilines is 1. The maximum Gasteiger partial charge on any atom is 0.0645 e. The molecule has 0 atom stereocenters. The molecule has 0 amide bonds. The molecule has 3 rings (SSSR count). The average Bonchev–Trinajstić information content (AvgIpc) is 2.28. The zero-order chi connectivity index (χ0) is 11.7. The fraction of sp³-hybridized carbons (Fsp3) is 0.538. The van der Waals surface area contributed by atoms with E-state index in [0.29, 0.717) is 6.04 Å². The van der Waals surface area contributed by atoms with Gasteiger partial charge in [-0.15, -0.1) is 0 Å². The van der Waals surface area contributed by atoms with Crippen molar-refractivity contribution in [3.8, 4) is 0 Å². The average molecular weight is 253 g/mol. The molecule has 0 saturated carbocycles. The molecule has 1 aromatic rings. The smallest absolute Gasteiger partial charge is 0.0645 e. The molecule has 0 bridgehead atoms. The lowest BCUT2D eigenvalue weighted by molar-refractivity contribution is -0.0660. The van der Waals surface area contributed by atoms with Crippen LogP contribution in [0.15, 0.2) is 24.3 Å². The van der Waals surface area contributed by atoms with Gasteiger partial charge in [-0.05, 0) is 18.2 Å². The molecular formula is C13H17ClN2O. The number of nitrogens with zero attached hydrogens (tertiary/aromatic N) is 2. The molecule has 17 heavy (non-hydrogen) atoms. The van der Waals surface area contributed by atoms with E-state index in [0.717, 1.165) is 44.4 Å². The predicted molar refractivity (Wildman–Crippen MR) is 69.8 cm³/mol. The summed E-state index contributed by atoms with van der Waals surface area (Å²) in [6, 6.07) is 8.78. The molecule has 4 heteroatoms. The van der Waals surface area contributed by atoms with Crippen molar-refractivity contribution in [1.29, 1.82) is 0 Å². The first-order valence-electron chi connectivity index (χ1n) is 6.15. The summed E-state index contributed by atoms with van der Waals surface area (Å²) in [5.74, 6) is 0. The van der Waals surface area contributed by atoms with Crippen LogP contribution in [-0.2, 0) is 4.74 Å². The summed E-state index contributed by atoms with van der Waals surface area (Å²) in [5, 5.41) is 0.817. The van der Waals surface area contributed by atoms with E-state index in [2.05, 4.69) is 15.9 Å². The third-order valence-corrected chi connectivity index (χ3v) is 3.86. The third-order valence-electron chi connectivity index (χ3n) is 3.62. The van der Waals surface area contributed by atoms with Crippen molar-refractivity contribution in [2.45, 2.75) is 6.04 Å². The molecule has 92 valence electrons. The van der Waals surface area contributed by atoms with Gasteiger partial charge >= 0.3 is 0 Å². The van der Waals surface area contributed by atoms with E-state index in [1.165, 1.54) is 5.69 Å². The normalized spacial score (nSPS) is 22.5. The van der Waals surface area contributed by atoms with Crippen molar-refractivity contribution in [3.63, 3.8) is 0 Å². The zero-order valence-corrected chi connectivity index (χ0v) is 10.6. The van der Waals surface area contributed by atoms with Crippen LogP contribution in [0.25, 0.3) is 0 Å². The van der Waals surface area contributed by atoms with Crippen molar-refractivity contribution in [1.82, 2.24) is 4.90 Å². The first-order chi connectivity index (χ1) is 8.33. The Morgan fingerprint density at radius 2 is 1.88 bits per heavy atom. The highest BCUT2D eigenvalue weighted by Crippen LogP contribution is 2.22. The Bertz CT molecular complexity index is 387. The van der Waals surface area contributed by atoms with Crippen molar-refractivity contribution >= 4 is 17.3 Å². The van der Waals surface area contributed by atoms with Gasteiger partial charge in [0.2, 0.25) is 0 Å². The molecule has 2 fully saturated rings. The minimum Gasteiger partial charge on any atom is -0.378 e. The summed E-state index contributed by atoms with van der Waals surface area (Å²) in [6.07, 6.45) is 0. The summed E-state index contributed by atoms with van der Waals surface area (Å²) in [5.41, 5.74) is 1.24. The van der Waals surface area contributed by atoms with Gasteiger partial charge in [0.05, 0.1) is 19.3 Å². The lowest BCUT2D eigenvalue weighted by Gasteiger charge is -2.43. The highest BCUT2D eigenvalue weighted by atomic mass is 35.5. The minimum atomic E-state index is 0.663. The molecule has 0 aromatic heterocycles. The number of rotatable bonds is 2. The van der Waals surface area contributed by atoms with E-state index in [9.17, 15) is 0 Å². The molecule has 3 nitrogen and oxygen atoms in total. The van der Waals surface area contributed by atoms with Crippen molar-refractivity contribution in [2.75, 3.05) is 44.3 Å². The van der Waals surface area contributed by atoms with Gasteiger partial charge in [0.25, 0.3) is 0 Å². The quantitative estimate of drug-likeness (QED) is 0.799. The highest BCUT2D eigenvalue weighted by Gasteiger charge is 2.28. The molecule has 0 N–H and O–H groups in total. The molecular weight excluding hydrogens is 236 g/mol. The number of hydrogen-bond acceptors (Lipinski definition) is 3. The van der Waals surface area contributed by atoms with E-state index in [4.69, 9.17) is 16.3 Å². The van der Waals surface area contributed by atoms with Crippen molar-refractivity contribution < 1.29 is 4.74 Å².